The summed E-state index contributed by atoms with van der Waals surface area (Å²) in [6.45, 7) is 3.94. The van der Waals surface area contributed by atoms with E-state index in [1.54, 1.807) is 0 Å². The third kappa shape index (κ3) is 2.33. The van der Waals surface area contributed by atoms with Crippen LogP contribution in [0.4, 0.5) is 11.8 Å². The minimum Gasteiger partial charge on any atom is -0.361 e. The number of benzene rings is 1. The maximum absolute atomic E-state index is 4.86. The number of aromatic nitrogens is 6. The first kappa shape index (κ1) is 14.7. The van der Waals surface area contributed by atoms with Crippen LogP contribution in [0.15, 0.2) is 48.8 Å². The number of nitrogens with zero attached hydrogens (tertiary/aromatic N) is 4. The van der Waals surface area contributed by atoms with Crippen LogP contribution in [-0.4, -0.2) is 29.5 Å². The van der Waals surface area contributed by atoms with E-state index < -0.39 is 0 Å². The van der Waals surface area contributed by atoms with Crippen molar-refractivity contribution in [2.24, 2.45) is 0 Å². The number of imidazole rings is 1. The van der Waals surface area contributed by atoms with E-state index in [1.165, 1.54) is 0 Å². The van der Waals surface area contributed by atoms with Crippen LogP contribution in [0.3, 0.4) is 0 Å². The van der Waals surface area contributed by atoms with Crippen molar-refractivity contribution in [1.29, 1.82) is 0 Å². The van der Waals surface area contributed by atoms with Gasteiger partial charge < -0.3 is 10.3 Å². The van der Waals surface area contributed by atoms with Gasteiger partial charge in [0, 0.05) is 46.7 Å². The van der Waals surface area contributed by atoms with E-state index in [4.69, 9.17) is 4.98 Å². The highest BCUT2D eigenvalue weighted by Gasteiger charge is 2.13. The molecule has 0 aliphatic heterocycles. The van der Waals surface area contributed by atoms with Crippen LogP contribution in [0.25, 0.3) is 27.8 Å². The fourth-order valence-corrected chi connectivity index (χ4v) is 3.24. The Hall–Kier alpha value is -3.61. The Morgan fingerprint density at radius 2 is 2.00 bits per heavy atom. The zero-order chi connectivity index (χ0) is 17.7. The lowest BCUT2D eigenvalue weighted by atomic mass is 10.1. The Balaban J connectivity index is 1.72. The van der Waals surface area contributed by atoms with Gasteiger partial charge in [0.2, 0.25) is 5.95 Å². The highest BCUT2D eigenvalue weighted by molar-refractivity contribution is 5.94. The van der Waals surface area contributed by atoms with Crippen molar-refractivity contribution in [2.75, 3.05) is 5.32 Å². The molecule has 7 nitrogen and oxygen atoms in total. The van der Waals surface area contributed by atoms with Gasteiger partial charge in [-0.1, -0.05) is 12.1 Å². The maximum Gasteiger partial charge on any atom is 0.215 e. The molecule has 128 valence electrons. The molecule has 5 aromatic rings. The molecular weight excluding hydrogens is 326 g/mol. The molecule has 7 heteroatoms. The molecule has 0 unspecified atom stereocenters. The van der Waals surface area contributed by atoms with E-state index in [0.717, 1.165) is 45.0 Å². The number of aromatic amines is 2. The van der Waals surface area contributed by atoms with Crippen molar-refractivity contribution in [3.05, 3.63) is 60.2 Å². The SMILES string of the molecule is Cc1cn2c(Nc3cc(C)[nH]n3)nc(-c3cccc4[nH]ccc34)cc2n1. The lowest BCUT2D eigenvalue weighted by molar-refractivity contribution is 1.03. The first-order valence-corrected chi connectivity index (χ1v) is 8.40. The summed E-state index contributed by atoms with van der Waals surface area (Å²) < 4.78 is 1.94. The molecule has 4 heterocycles. The number of hydrogen-bond acceptors (Lipinski definition) is 4. The van der Waals surface area contributed by atoms with Crippen molar-refractivity contribution in [3.8, 4) is 11.3 Å². The van der Waals surface area contributed by atoms with E-state index in [-0.39, 0.29) is 0 Å². The highest BCUT2D eigenvalue weighted by Crippen LogP contribution is 2.29. The summed E-state index contributed by atoms with van der Waals surface area (Å²) >= 11 is 0. The monoisotopic (exact) mass is 343 g/mol. The summed E-state index contributed by atoms with van der Waals surface area (Å²) in [5, 5.41) is 11.6. The minimum absolute atomic E-state index is 0.678. The van der Waals surface area contributed by atoms with Crippen molar-refractivity contribution in [3.63, 3.8) is 0 Å². The Morgan fingerprint density at radius 1 is 1.08 bits per heavy atom. The molecule has 0 atom stereocenters. The Morgan fingerprint density at radius 3 is 2.85 bits per heavy atom. The van der Waals surface area contributed by atoms with Crippen molar-refractivity contribution in [1.82, 2.24) is 29.5 Å². The number of fused-ring (bicyclic) bond motifs is 2. The average Bonchev–Trinajstić information content (AvgIpc) is 3.33. The number of anilines is 2. The molecular formula is C19H17N7. The molecule has 0 saturated carbocycles. The van der Waals surface area contributed by atoms with Crippen LogP contribution < -0.4 is 5.32 Å². The first-order chi connectivity index (χ1) is 12.7. The van der Waals surface area contributed by atoms with Crippen molar-refractivity contribution in [2.45, 2.75) is 13.8 Å². The van der Waals surface area contributed by atoms with Gasteiger partial charge in [-0.25, -0.2) is 9.97 Å². The van der Waals surface area contributed by atoms with E-state index >= 15 is 0 Å². The largest absolute Gasteiger partial charge is 0.361 e. The van der Waals surface area contributed by atoms with Gasteiger partial charge >= 0.3 is 0 Å². The lowest BCUT2D eigenvalue weighted by Gasteiger charge is -2.09. The molecule has 0 saturated heterocycles. The second-order valence-electron chi connectivity index (χ2n) is 6.38. The molecule has 26 heavy (non-hydrogen) atoms. The summed E-state index contributed by atoms with van der Waals surface area (Å²) in [5.74, 6) is 1.40. The quantitative estimate of drug-likeness (QED) is 0.463. The van der Waals surface area contributed by atoms with Gasteiger partial charge in [-0.2, -0.15) is 5.10 Å². The van der Waals surface area contributed by atoms with Gasteiger partial charge in [-0.05, 0) is 26.0 Å². The van der Waals surface area contributed by atoms with Crippen molar-refractivity contribution < 1.29 is 0 Å². The third-order valence-electron chi connectivity index (χ3n) is 4.39. The average molecular weight is 343 g/mol. The van der Waals surface area contributed by atoms with Crippen LogP contribution in [0.2, 0.25) is 0 Å². The van der Waals surface area contributed by atoms with E-state index in [1.807, 2.05) is 48.8 Å². The van der Waals surface area contributed by atoms with E-state index in [0.29, 0.717) is 5.95 Å². The topological polar surface area (TPSA) is 86.7 Å². The summed E-state index contributed by atoms with van der Waals surface area (Å²) in [5.41, 5.74) is 5.77. The predicted molar refractivity (Wildman–Crippen MR) is 102 cm³/mol. The summed E-state index contributed by atoms with van der Waals surface area (Å²) in [4.78, 5) is 12.7. The van der Waals surface area contributed by atoms with Gasteiger partial charge in [0.1, 0.15) is 5.65 Å². The lowest BCUT2D eigenvalue weighted by Crippen LogP contribution is -2.03. The number of aryl methyl sites for hydroxylation is 2. The molecule has 0 aliphatic carbocycles. The second-order valence-corrected chi connectivity index (χ2v) is 6.38. The number of nitrogens with one attached hydrogen (secondary N) is 3. The van der Waals surface area contributed by atoms with Crippen LogP contribution in [0.5, 0.6) is 0 Å². The van der Waals surface area contributed by atoms with Crippen LogP contribution in [0.1, 0.15) is 11.4 Å². The fourth-order valence-electron chi connectivity index (χ4n) is 3.24. The van der Waals surface area contributed by atoms with Crippen LogP contribution >= 0.6 is 0 Å². The molecule has 4 aromatic heterocycles. The van der Waals surface area contributed by atoms with Gasteiger partial charge in [-0.3, -0.25) is 9.50 Å². The second kappa shape index (κ2) is 5.45. The molecule has 3 N–H and O–H groups in total. The smallest absolute Gasteiger partial charge is 0.215 e. The minimum atomic E-state index is 0.678. The molecule has 0 spiro atoms. The Labute approximate surface area is 149 Å². The van der Waals surface area contributed by atoms with Gasteiger partial charge in [0.15, 0.2) is 5.82 Å². The van der Waals surface area contributed by atoms with Gasteiger partial charge in [0.25, 0.3) is 0 Å². The molecule has 0 amide bonds. The zero-order valence-electron chi connectivity index (χ0n) is 14.4. The van der Waals surface area contributed by atoms with Crippen molar-refractivity contribution >= 4 is 28.3 Å². The van der Waals surface area contributed by atoms with E-state index in [2.05, 4.69) is 43.7 Å². The first-order valence-electron chi connectivity index (χ1n) is 8.40. The fraction of sp³-hybridized carbons (Fsp3) is 0.105. The summed E-state index contributed by atoms with van der Waals surface area (Å²) in [6, 6.07) is 12.2. The Bertz CT molecular complexity index is 1240. The molecule has 0 fully saturated rings. The van der Waals surface area contributed by atoms with E-state index in [9.17, 15) is 0 Å². The highest BCUT2D eigenvalue weighted by atomic mass is 15.3. The third-order valence-corrected chi connectivity index (χ3v) is 4.39. The molecule has 0 aliphatic rings. The standard InChI is InChI=1S/C19H17N7/c1-11-8-17(25-24-11)23-19-22-16(9-18-21-12(2)10-26(18)19)13-4-3-5-15-14(13)6-7-20-15/h3-10,20H,1-2H3,(H2,22,23,24,25). The number of rotatable bonds is 3. The molecule has 0 radical (unpaired) electrons. The summed E-state index contributed by atoms with van der Waals surface area (Å²) in [6.07, 6.45) is 3.91. The van der Waals surface area contributed by atoms with Crippen LogP contribution in [0, 0.1) is 13.8 Å². The molecule has 0 bridgehead atoms. The van der Waals surface area contributed by atoms with Gasteiger partial charge in [0.05, 0.1) is 11.4 Å². The normalized spacial score (nSPS) is 11.5. The molecule has 1 aromatic carbocycles. The number of hydrogen-bond donors (Lipinski definition) is 3. The molecule has 5 rings (SSSR count). The summed E-state index contributed by atoms with van der Waals surface area (Å²) in [7, 11) is 0. The number of H-pyrrole nitrogens is 2. The maximum atomic E-state index is 4.86. The predicted octanol–water partition coefficient (Wildman–Crippen LogP) is 3.96. The zero-order valence-corrected chi connectivity index (χ0v) is 14.4. The van der Waals surface area contributed by atoms with Crippen LogP contribution in [-0.2, 0) is 0 Å². The van der Waals surface area contributed by atoms with Gasteiger partial charge in [-0.15, -0.1) is 0 Å². The Kier molecular flexibility index (Phi) is 3.08.